The molecule has 19 heavy (non-hydrogen) atoms. The summed E-state index contributed by atoms with van der Waals surface area (Å²) in [6.07, 6.45) is 0. The molecule has 1 heterocycles. The molecule has 1 fully saturated rings. The highest BCUT2D eigenvalue weighted by Gasteiger charge is 2.35. The molecule has 104 valence electrons. The number of hydrogen-bond donors (Lipinski definition) is 2. The molecule has 5 nitrogen and oxygen atoms in total. The first-order valence-corrected chi connectivity index (χ1v) is 7.87. The van der Waals surface area contributed by atoms with E-state index in [-0.39, 0.29) is 11.5 Å². The van der Waals surface area contributed by atoms with Crippen molar-refractivity contribution in [2.24, 2.45) is 0 Å². The highest BCUT2D eigenvalue weighted by atomic mass is 32.2. The van der Waals surface area contributed by atoms with Crippen LogP contribution in [0.5, 0.6) is 0 Å². The van der Waals surface area contributed by atoms with Gasteiger partial charge in [-0.05, 0) is 30.5 Å². The van der Waals surface area contributed by atoms with Gasteiger partial charge in [0.1, 0.15) is 6.04 Å². The molecule has 0 aliphatic carbocycles. The fourth-order valence-corrected chi connectivity index (χ4v) is 3.91. The number of carbonyl (C=O) groups is 1. The third-order valence-corrected chi connectivity index (χ3v) is 5.16. The van der Waals surface area contributed by atoms with Crippen LogP contribution in [0.2, 0.25) is 0 Å². The SMILES string of the molecule is Cc1ccc(C2CS(=O)(=O)CC(C(=O)O)N2)cc1C. The monoisotopic (exact) mass is 283 g/mol. The Labute approximate surface area is 112 Å². The zero-order valence-corrected chi connectivity index (χ0v) is 11.7. The summed E-state index contributed by atoms with van der Waals surface area (Å²) in [5, 5.41) is 11.9. The van der Waals surface area contributed by atoms with E-state index in [2.05, 4.69) is 5.32 Å². The Bertz CT molecular complexity index is 609. The van der Waals surface area contributed by atoms with Crippen molar-refractivity contribution in [2.75, 3.05) is 11.5 Å². The lowest BCUT2D eigenvalue weighted by atomic mass is 10.0. The maximum Gasteiger partial charge on any atom is 0.321 e. The van der Waals surface area contributed by atoms with Crippen molar-refractivity contribution >= 4 is 15.8 Å². The van der Waals surface area contributed by atoms with Crippen molar-refractivity contribution in [3.8, 4) is 0 Å². The lowest BCUT2D eigenvalue weighted by molar-refractivity contribution is -0.139. The molecular weight excluding hydrogens is 266 g/mol. The summed E-state index contributed by atoms with van der Waals surface area (Å²) in [4.78, 5) is 11.0. The first kappa shape index (κ1) is 14.0. The number of sulfone groups is 1. The van der Waals surface area contributed by atoms with Crippen LogP contribution in [0.3, 0.4) is 0 Å². The molecule has 2 rings (SSSR count). The minimum Gasteiger partial charge on any atom is -0.480 e. The average molecular weight is 283 g/mol. The number of rotatable bonds is 2. The summed E-state index contributed by atoms with van der Waals surface area (Å²) in [7, 11) is -3.34. The maximum atomic E-state index is 11.8. The molecule has 1 aromatic rings. The van der Waals surface area contributed by atoms with Gasteiger partial charge in [0, 0.05) is 6.04 Å². The Balaban J connectivity index is 2.33. The first-order valence-electron chi connectivity index (χ1n) is 6.05. The molecule has 1 aliphatic heterocycles. The summed E-state index contributed by atoms with van der Waals surface area (Å²) in [5.41, 5.74) is 3.00. The molecule has 1 saturated heterocycles. The number of hydrogen-bond acceptors (Lipinski definition) is 4. The van der Waals surface area contributed by atoms with Gasteiger partial charge in [-0.15, -0.1) is 0 Å². The van der Waals surface area contributed by atoms with Gasteiger partial charge in [-0.2, -0.15) is 0 Å². The predicted octanol–water partition coefficient (Wildman–Crippen LogP) is 0.816. The summed E-state index contributed by atoms with van der Waals surface area (Å²) < 4.78 is 23.6. The van der Waals surface area contributed by atoms with Crippen LogP contribution in [-0.2, 0) is 14.6 Å². The van der Waals surface area contributed by atoms with Crippen LogP contribution >= 0.6 is 0 Å². The number of aliphatic carboxylic acids is 1. The minimum absolute atomic E-state index is 0.0563. The largest absolute Gasteiger partial charge is 0.480 e. The zero-order valence-electron chi connectivity index (χ0n) is 10.9. The van der Waals surface area contributed by atoms with Crippen LogP contribution < -0.4 is 5.32 Å². The molecule has 2 unspecified atom stereocenters. The highest BCUT2D eigenvalue weighted by molar-refractivity contribution is 7.91. The van der Waals surface area contributed by atoms with Gasteiger partial charge in [0.2, 0.25) is 0 Å². The fourth-order valence-electron chi connectivity index (χ4n) is 2.23. The molecule has 0 saturated carbocycles. The van der Waals surface area contributed by atoms with Gasteiger partial charge < -0.3 is 5.11 Å². The average Bonchev–Trinajstić information content (AvgIpc) is 2.30. The van der Waals surface area contributed by atoms with E-state index in [0.29, 0.717) is 0 Å². The lowest BCUT2D eigenvalue weighted by Gasteiger charge is -2.29. The molecular formula is C13H17NO4S. The van der Waals surface area contributed by atoms with Gasteiger partial charge in [-0.3, -0.25) is 10.1 Å². The van der Waals surface area contributed by atoms with E-state index in [1.165, 1.54) is 0 Å². The Morgan fingerprint density at radius 1 is 1.26 bits per heavy atom. The van der Waals surface area contributed by atoms with E-state index in [9.17, 15) is 13.2 Å². The topological polar surface area (TPSA) is 83.5 Å². The van der Waals surface area contributed by atoms with Gasteiger partial charge in [-0.1, -0.05) is 18.2 Å². The van der Waals surface area contributed by atoms with Gasteiger partial charge >= 0.3 is 5.97 Å². The van der Waals surface area contributed by atoms with Crippen LogP contribution in [0.25, 0.3) is 0 Å². The Morgan fingerprint density at radius 3 is 2.53 bits per heavy atom. The van der Waals surface area contributed by atoms with E-state index >= 15 is 0 Å². The Morgan fingerprint density at radius 2 is 1.95 bits per heavy atom. The van der Waals surface area contributed by atoms with Crippen molar-refractivity contribution in [2.45, 2.75) is 25.9 Å². The Hall–Kier alpha value is -1.40. The van der Waals surface area contributed by atoms with Crippen LogP contribution in [0.15, 0.2) is 18.2 Å². The quantitative estimate of drug-likeness (QED) is 0.839. The molecule has 0 radical (unpaired) electrons. The zero-order chi connectivity index (χ0) is 14.2. The van der Waals surface area contributed by atoms with Gasteiger partial charge in [0.15, 0.2) is 9.84 Å². The second-order valence-electron chi connectivity index (χ2n) is 5.03. The van der Waals surface area contributed by atoms with Gasteiger partial charge in [0.05, 0.1) is 11.5 Å². The van der Waals surface area contributed by atoms with Crippen LogP contribution in [0.1, 0.15) is 22.7 Å². The summed E-state index contributed by atoms with van der Waals surface area (Å²) in [6.45, 7) is 3.93. The summed E-state index contributed by atoms with van der Waals surface area (Å²) in [6, 6.07) is 4.18. The van der Waals surface area contributed by atoms with E-state index in [0.717, 1.165) is 16.7 Å². The molecule has 1 aromatic carbocycles. The normalized spacial score (nSPS) is 26.0. The molecule has 2 N–H and O–H groups in total. The van der Waals surface area contributed by atoms with E-state index in [4.69, 9.17) is 5.11 Å². The molecule has 0 bridgehead atoms. The Kier molecular flexibility index (Phi) is 3.64. The first-order chi connectivity index (χ1) is 8.78. The number of nitrogens with one attached hydrogen (secondary N) is 1. The molecule has 1 aliphatic rings. The standard InChI is InChI=1S/C13H17NO4S/c1-8-3-4-10(5-9(8)2)11-6-19(17,18)7-12(14-11)13(15)16/h3-5,11-12,14H,6-7H2,1-2H3,(H,15,16). The second-order valence-corrected chi connectivity index (χ2v) is 7.18. The predicted molar refractivity (Wildman–Crippen MR) is 71.9 cm³/mol. The molecule has 0 spiro atoms. The van der Waals surface area contributed by atoms with Gasteiger partial charge in [-0.25, -0.2) is 8.42 Å². The van der Waals surface area contributed by atoms with Crippen molar-refractivity contribution < 1.29 is 18.3 Å². The number of aryl methyl sites for hydroxylation is 2. The van der Waals surface area contributed by atoms with Crippen molar-refractivity contribution in [1.29, 1.82) is 0 Å². The van der Waals surface area contributed by atoms with E-state index in [1.807, 2.05) is 32.0 Å². The van der Waals surface area contributed by atoms with Crippen molar-refractivity contribution in [3.63, 3.8) is 0 Å². The highest BCUT2D eigenvalue weighted by Crippen LogP contribution is 2.23. The molecule has 0 aromatic heterocycles. The van der Waals surface area contributed by atoms with Crippen molar-refractivity contribution in [1.82, 2.24) is 5.32 Å². The summed E-state index contributed by atoms with van der Waals surface area (Å²) in [5.74, 6) is -1.53. The third kappa shape index (κ3) is 3.13. The van der Waals surface area contributed by atoms with Crippen molar-refractivity contribution in [3.05, 3.63) is 34.9 Å². The maximum absolute atomic E-state index is 11.8. The van der Waals surface area contributed by atoms with Crippen LogP contribution in [-0.4, -0.2) is 37.0 Å². The number of carboxylic acids is 1. The van der Waals surface area contributed by atoms with Gasteiger partial charge in [0.25, 0.3) is 0 Å². The lowest BCUT2D eigenvalue weighted by Crippen LogP contribution is -2.51. The number of benzene rings is 1. The summed E-state index contributed by atoms with van der Waals surface area (Å²) >= 11 is 0. The minimum atomic E-state index is -3.34. The van der Waals surface area contributed by atoms with E-state index < -0.39 is 27.9 Å². The third-order valence-electron chi connectivity index (χ3n) is 3.47. The number of carboxylic acid groups (broad SMARTS) is 1. The molecule has 0 amide bonds. The molecule has 6 heteroatoms. The van der Waals surface area contributed by atoms with Crippen LogP contribution in [0, 0.1) is 13.8 Å². The smallest absolute Gasteiger partial charge is 0.321 e. The second kappa shape index (κ2) is 4.94. The molecule has 2 atom stereocenters. The van der Waals surface area contributed by atoms with Crippen LogP contribution in [0.4, 0.5) is 0 Å². The fraction of sp³-hybridized carbons (Fsp3) is 0.462. The van der Waals surface area contributed by atoms with E-state index in [1.54, 1.807) is 0 Å².